The molecule has 2 aliphatic rings. The summed E-state index contributed by atoms with van der Waals surface area (Å²) in [6, 6.07) is 0.731. The van der Waals surface area contributed by atoms with Gasteiger partial charge in [-0.2, -0.15) is 0 Å². The van der Waals surface area contributed by atoms with Gasteiger partial charge in [0.05, 0.1) is 0 Å². The van der Waals surface area contributed by atoms with Crippen molar-refractivity contribution in [3.63, 3.8) is 0 Å². The molecule has 2 nitrogen and oxygen atoms in total. The molecular formula is C12H23NO. The highest BCUT2D eigenvalue weighted by Gasteiger charge is 2.31. The van der Waals surface area contributed by atoms with Crippen molar-refractivity contribution in [3.8, 4) is 0 Å². The predicted molar refractivity (Wildman–Crippen MR) is 58.3 cm³/mol. The molecule has 14 heavy (non-hydrogen) atoms. The highest BCUT2D eigenvalue weighted by Crippen LogP contribution is 2.34. The standard InChI is InChI=1S/C12H23NO/c1-10(11-3-4-11)13-9-12(2)5-7-14-8-6-12/h10-11,13H,3-9H2,1-2H3. The highest BCUT2D eigenvalue weighted by atomic mass is 16.5. The molecule has 0 aromatic rings. The Kier molecular flexibility index (Phi) is 3.13. The zero-order valence-electron chi connectivity index (χ0n) is 9.51. The van der Waals surface area contributed by atoms with Crippen LogP contribution in [0.1, 0.15) is 39.5 Å². The van der Waals surface area contributed by atoms with Crippen LogP contribution in [0, 0.1) is 11.3 Å². The Balaban J connectivity index is 1.71. The first-order chi connectivity index (χ1) is 6.70. The molecule has 1 unspecified atom stereocenters. The van der Waals surface area contributed by atoms with Crippen molar-refractivity contribution in [2.75, 3.05) is 19.8 Å². The summed E-state index contributed by atoms with van der Waals surface area (Å²) in [6.45, 7) is 7.81. The molecule has 0 aromatic carbocycles. The quantitative estimate of drug-likeness (QED) is 0.746. The van der Waals surface area contributed by atoms with E-state index < -0.39 is 0 Å². The molecular weight excluding hydrogens is 174 g/mol. The Labute approximate surface area is 87.4 Å². The summed E-state index contributed by atoms with van der Waals surface area (Å²) in [4.78, 5) is 0. The van der Waals surface area contributed by atoms with E-state index in [2.05, 4.69) is 19.2 Å². The summed E-state index contributed by atoms with van der Waals surface area (Å²) >= 11 is 0. The molecule has 1 saturated carbocycles. The van der Waals surface area contributed by atoms with Crippen LogP contribution in [0.2, 0.25) is 0 Å². The van der Waals surface area contributed by atoms with Gasteiger partial charge < -0.3 is 10.1 Å². The second kappa shape index (κ2) is 4.19. The summed E-state index contributed by atoms with van der Waals surface area (Å²) < 4.78 is 5.40. The number of rotatable bonds is 4. The SMILES string of the molecule is CC(NCC1(C)CCOCC1)C1CC1. The molecule has 0 bridgehead atoms. The van der Waals surface area contributed by atoms with Crippen molar-refractivity contribution >= 4 is 0 Å². The topological polar surface area (TPSA) is 21.3 Å². The lowest BCUT2D eigenvalue weighted by atomic mass is 9.82. The number of ether oxygens (including phenoxy) is 1. The molecule has 0 amide bonds. The van der Waals surface area contributed by atoms with Gasteiger partial charge in [-0.15, -0.1) is 0 Å². The maximum absolute atomic E-state index is 5.40. The third-order valence-corrected chi connectivity index (χ3v) is 3.88. The first kappa shape index (κ1) is 10.4. The van der Waals surface area contributed by atoms with Crippen molar-refractivity contribution in [2.24, 2.45) is 11.3 Å². The fourth-order valence-electron chi connectivity index (χ4n) is 2.21. The van der Waals surface area contributed by atoms with E-state index >= 15 is 0 Å². The largest absolute Gasteiger partial charge is 0.381 e. The Morgan fingerprint density at radius 2 is 2.00 bits per heavy atom. The van der Waals surface area contributed by atoms with Crippen molar-refractivity contribution in [2.45, 2.75) is 45.6 Å². The van der Waals surface area contributed by atoms with Gasteiger partial charge in [0.15, 0.2) is 0 Å². The Bertz CT molecular complexity index is 183. The summed E-state index contributed by atoms with van der Waals surface area (Å²) in [5.74, 6) is 0.971. The Morgan fingerprint density at radius 3 is 2.57 bits per heavy atom. The molecule has 2 rings (SSSR count). The van der Waals surface area contributed by atoms with Crippen LogP contribution in [0.15, 0.2) is 0 Å². The molecule has 0 radical (unpaired) electrons. The first-order valence-corrected chi connectivity index (χ1v) is 6.01. The van der Waals surface area contributed by atoms with Crippen LogP contribution in [0.5, 0.6) is 0 Å². The van der Waals surface area contributed by atoms with Gasteiger partial charge in [-0.3, -0.25) is 0 Å². The highest BCUT2D eigenvalue weighted by molar-refractivity contribution is 4.86. The van der Waals surface area contributed by atoms with Gasteiger partial charge in [0.1, 0.15) is 0 Å². The van der Waals surface area contributed by atoms with Gasteiger partial charge in [0.2, 0.25) is 0 Å². The van der Waals surface area contributed by atoms with Crippen molar-refractivity contribution in [1.82, 2.24) is 5.32 Å². The predicted octanol–water partition coefficient (Wildman–Crippen LogP) is 2.19. The molecule has 1 heterocycles. The number of hydrogen-bond acceptors (Lipinski definition) is 2. The minimum atomic E-state index is 0.488. The first-order valence-electron chi connectivity index (χ1n) is 6.01. The molecule has 1 aliphatic carbocycles. The van der Waals surface area contributed by atoms with Crippen LogP contribution in [-0.4, -0.2) is 25.8 Å². The van der Waals surface area contributed by atoms with Crippen LogP contribution in [0.4, 0.5) is 0 Å². The third-order valence-electron chi connectivity index (χ3n) is 3.88. The Hall–Kier alpha value is -0.0800. The zero-order valence-corrected chi connectivity index (χ0v) is 9.51. The average Bonchev–Trinajstić information content (AvgIpc) is 2.99. The maximum Gasteiger partial charge on any atom is 0.0471 e. The monoisotopic (exact) mass is 197 g/mol. The smallest absolute Gasteiger partial charge is 0.0471 e. The van der Waals surface area contributed by atoms with E-state index in [1.807, 2.05) is 0 Å². The van der Waals surface area contributed by atoms with Crippen LogP contribution < -0.4 is 5.32 Å². The minimum absolute atomic E-state index is 0.488. The van der Waals surface area contributed by atoms with Gasteiger partial charge in [0, 0.05) is 25.8 Å². The van der Waals surface area contributed by atoms with E-state index in [4.69, 9.17) is 4.74 Å². The van der Waals surface area contributed by atoms with Crippen LogP contribution >= 0.6 is 0 Å². The summed E-state index contributed by atoms with van der Waals surface area (Å²) in [6.07, 6.45) is 5.32. The van der Waals surface area contributed by atoms with Gasteiger partial charge in [-0.25, -0.2) is 0 Å². The fraction of sp³-hybridized carbons (Fsp3) is 1.00. The van der Waals surface area contributed by atoms with E-state index in [0.29, 0.717) is 5.41 Å². The van der Waals surface area contributed by atoms with E-state index in [0.717, 1.165) is 25.2 Å². The number of nitrogens with one attached hydrogen (secondary N) is 1. The van der Waals surface area contributed by atoms with Crippen molar-refractivity contribution in [1.29, 1.82) is 0 Å². The normalized spacial score (nSPS) is 28.7. The van der Waals surface area contributed by atoms with Crippen LogP contribution in [0.3, 0.4) is 0 Å². The molecule has 1 saturated heterocycles. The van der Waals surface area contributed by atoms with E-state index in [9.17, 15) is 0 Å². The minimum Gasteiger partial charge on any atom is -0.381 e. The molecule has 82 valence electrons. The van der Waals surface area contributed by atoms with Gasteiger partial charge in [0.25, 0.3) is 0 Å². The third kappa shape index (κ3) is 2.71. The molecule has 0 spiro atoms. The second-order valence-corrected chi connectivity index (χ2v) is 5.43. The average molecular weight is 197 g/mol. The fourth-order valence-corrected chi connectivity index (χ4v) is 2.21. The Morgan fingerprint density at radius 1 is 1.36 bits per heavy atom. The van der Waals surface area contributed by atoms with E-state index in [-0.39, 0.29) is 0 Å². The van der Waals surface area contributed by atoms with Gasteiger partial charge >= 0.3 is 0 Å². The molecule has 2 heteroatoms. The molecule has 0 aromatic heterocycles. The lowest BCUT2D eigenvalue weighted by molar-refractivity contribution is 0.0228. The molecule has 1 N–H and O–H groups in total. The van der Waals surface area contributed by atoms with Crippen molar-refractivity contribution in [3.05, 3.63) is 0 Å². The lowest BCUT2D eigenvalue weighted by Gasteiger charge is -2.34. The number of hydrogen-bond donors (Lipinski definition) is 1. The zero-order chi connectivity index (χ0) is 10.0. The van der Waals surface area contributed by atoms with E-state index in [1.54, 1.807) is 0 Å². The maximum atomic E-state index is 5.40. The summed E-state index contributed by atoms with van der Waals surface area (Å²) in [5.41, 5.74) is 0.488. The van der Waals surface area contributed by atoms with Crippen LogP contribution in [-0.2, 0) is 4.74 Å². The molecule has 1 aliphatic heterocycles. The van der Waals surface area contributed by atoms with E-state index in [1.165, 1.54) is 32.2 Å². The van der Waals surface area contributed by atoms with Gasteiger partial charge in [-0.1, -0.05) is 6.92 Å². The van der Waals surface area contributed by atoms with Gasteiger partial charge in [-0.05, 0) is 43.9 Å². The molecule has 2 fully saturated rings. The van der Waals surface area contributed by atoms with Crippen LogP contribution in [0.25, 0.3) is 0 Å². The summed E-state index contributed by atoms with van der Waals surface area (Å²) in [7, 11) is 0. The second-order valence-electron chi connectivity index (χ2n) is 5.43. The van der Waals surface area contributed by atoms with Crippen molar-refractivity contribution < 1.29 is 4.74 Å². The molecule has 1 atom stereocenters. The summed E-state index contributed by atoms with van der Waals surface area (Å²) in [5, 5.41) is 3.70. The lowest BCUT2D eigenvalue weighted by Crippen LogP contribution is -2.41.